The van der Waals surface area contributed by atoms with Crippen molar-refractivity contribution in [2.24, 2.45) is 0 Å². The van der Waals surface area contributed by atoms with E-state index in [1.54, 1.807) is 10.0 Å². The smallest absolute Gasteiger partial charge is 0.242 e. The van der Waals surface area contributed by atoms with Gasteiger partial charge in [0.25, 0.3) is 0 Å². The van der Waals surface area contributed by atoms with Gasteiger partial charge in [-0.15, -0.1) is 5.10 Å². The Morgan fingerprint density at radius 3 is 2.92 bits per heavy atom. The Morgan fingerprint density at radius 1 is 1.40 bits per heavy atom. The lowest BCUT2D eigenvalue weighted by Crippen LogP contribution is -2.32. The van der Waals surface area contributed by atoms with Crippen LogP contribution in [0.15, 0.2) is 11.7 Å². The second kappa shape index (κ2) is 7.23. The maximum atomic E-state index is 12.3. The fourth-order valence-corrected chi connectivity index (χ4v) is 2.84. The summed E-state index contributed by atoms with van der Waals surface area (Å²) in [5.74, 6) is 0.489. The number of carbonyl (C=O) groups excluding carboxylic acids is 1. The minimum Gasteiger partial charge on any atom is -0.346 e. The number of fused-ring (bicyclic) bond motifs is 1. The SMILES string of the molecule is CC(NC(=O)Cn1nnnc1CN(C)C(C)C)c1cn2ncsc2n1. The van der Waals surface area contributed by atoms with Crippen molar-refractivity contribution in [2.75, 3.05) is 7.05 Å². The van der Waals surface area contributed by atoms with Crippen molar-refractivity contribution >= 4 is 22.2 Å². The van der Waals surface area contributed by atoms with E-state index in [2.05, 4.69) is 49.7 Å². The lowest BCUT2D eigenvalue weighted by atomic mass is 10.2. The molecule has 0 spiro atoms. The zero-order chi connectivity index (χ0) is 18.0. The minimum absolute atomic E-state index is 0.0685. The molecule has 0 saturated carbocycles. The molecule has 1 unspecified atom stereocenters. The largest absolute Gasteiger partial charge is 0.346 e. The number of nitrogens with zero attached hydrogens (tertiary/aromatic N) is 8. The molecule has 0 fully saturated rings. The fraction of sp³-hybridized carbons (Fsp3) is 0.571. The standard InChI is InChI=1S/C14H21N9OS/c1-9(2)21(4)6-12-18-19-20-22(12)7-13(24)16-10(3)11-5-23-14(17-11)25-8-15-23/h5,8-10H,6-7H2,1-4H3,(H,16,24). The van der Waals surface area contributed by atoms with E-state index in [-0.39, 0.29) is 18.5 Å². The summed E-state index contributed by atoms with van der Waals surface area (Å²) in [4.78, 5) is 19.7. The molecule has 25 heavy (non-hydrogen) atoms. The van der Waals surface area contributed by atoms with Gasteiger partial charge in [-0.2, -0.15) is 5.10 Å². The molecule has 3 heterocycles. The Labute approximate surface area is 148 Å². The topological polar surface area (TPSA) is 106 Å². The van der Waals surface area contributed by atoms with Crippen LogP contribution in [0.4, 0.5) is 0 Å². The highest BCUT2D eigenvalue weighted by Crippen LogP contribution is 2.15. The summed E-state index contributed by atoms with van der Waals surface area (Å²) in [6.07, 6.45) is 1.82. The Bertz CT molecular complexity index is 823. The molecule has 0 aliphatic rings. The maximum Gasteiger partial charge on any atom is 0.242 e. The number of imidazole rings is 1. The molecule has 3 aromatic rings. The van der Waals surface area contributed by atoms with E-state index in [9.17, 15) is 4.79 Å². The van der Waals surface area contributed by atoms with Crippen molar-refractivity contribution < 1.29 is 4.79 Å². The van der Waals surface area contributed by atoms with Gasteiger partial charge in [0.15, 0.2) is 5.82 Å². The van der Waals surface area contributed by atoms with Crippen molar-refractivity contribution in [3.63, 3.8) is 0 Å². The van der Waals surface area contributed by atoms with E-state index < -0.39 is 0 Å². The average molecular weight is 363 g/mol. The van der Waals surface area contributed by atoms with Crippen molar-refractivity contribution in [2.45, 2.75) is 45.9 Å². The van der Waals surface area contributed by atoms with Crippen LogP contribution in [0.25, 0.3) is 4.96 Å². The molecule has 0 radical (unpaired) electrons. The molecule has 0 aliphatic carbocycles. The van der Waals surface area contributed by atoms with Crippen molar-refractivity contribution in [1.82, 2.24) is 45.0 Å². The molecule has 0 bridgehead atoms. The van der Waals surface area contributed by atoms with Gasteiger partial charge in [0.2, 0.25) is 10.9 Å². The van der Waals surface area contributed by atoms with E-state index in [1.165, 1.54) is 16.0 Å². The van der Waals surface area contributed by atoms with Gasteiger partial charge in [-0.25, -0.2) is 14.2 Å². The molecule has 3 aromatic heterocycles. The summed E-state index contributed by atoms with van der Waals surface area (Å²) in [5, 5.41) is 18.7. The molecule has 10 nitrogen and oxygen atoms in total. The van der Waals surface area contributed by atoms with Gasteiger partial charge in [0.1, 0.15) is 12.1 Å². The number of aromatic nitrogens is 7. The monoisotopic (exact) mass is 363 g/mol. The molecular formula is C14H21N9OS. The summed E-state index contributed by atoms with van der Waals surface area (Å²) < 4.78 is 3.22. The first kappa shape index (κ1) is 17.4. The number of carbonyl (C=O) groups is 1. The molecule has 134 valence electrons. The van der Waals surface area contributed by atoms with Gasteiger partial charge in [-0.05, 0) is 38.2 Å². The van der Waals surface area contributed by atoms with E-state index >= 15 is 0 Å². The molecule has 1 amide bonds. The van der Waals surface area contributed by atoms with E-state index in [0.29, 0.717) is 18.4 Å². The molecule has 1 atom stereocenters. The predicted molar refractivity (Wildman–Crippen MR) is 91.8 cm³/mol. The lowest BCUT2D eigenvalue weighted by Gasteiger charge is -2.20. The summed E-state index contributed by atoms with van der Waals surface area (Å²) in [6.45, 7) is 6.72. The maximum absolute atomic E-state index is 12.3. The summed E-state index contributed by atoms with van der Waals surface area (Å²) in [5.41, 5.74) is 2.49. The van der Waals surface area contributed by atoms with Crippen molar-refractivity contribution in [3.05, 3.63) is 23.2 Å². The van der Waals surface area contributed by atoms with Crippen LogP contribution in [0.2, 0.25) is 0 Å². The highest BCUT2D eigenvalue weighted by Gasteiger charge is 2.17. The number of hydrogen-bond donors (Lipinski definition) is 1. The first-order valence-electron chi connectivity index (χ1n) is 7.97. The third-order valence-corrected chi connectivity index (χ3v) is 4.69. The summed E-state index contributed by atoms with van der Waals surface area (Å²) in [7, 11) is 1.99. The zero-order valence-electron chi connectivity index (χ0n) is 14.6. The molecule has 0 saturated heterocycles. The van der Waals surface area contributed by atoms with Crippen LogP contribution in [0.1, 0.15) is 38.3 Å². The molecule has 3 rings (SSSR count). The van der Waals surface area contributed by atoms with Crippen LogP contribution < -0.4 is 5.32 Å². The zero-order valence-corrected chi connectivity index (χ0v) is 15.4. The first-order valence-corrected chi connectivity index (χ1v) is 8.85. The molecular weight excluding hydrogens is 342 g/mol. The van der Waals surface area contributed by atoms with Crippen LogP contribution in [-0.4, -0.2) is 58.7 Å². The Kier molecular flexibility index (Phi) is 5.04. The predicted octanol–water partition coefficient (Wildman–Crippen LogP) is 0.495. The lowest BCUT2D eigenvalue weighted by molar-refractivity contribution is -0.122. The number of rotatable bonds is 7. The van der Waals surface area contributed by atoms with Crippen LogP contribution >= 0.6 is 11.3 Å². The molecule has 1 N–H and O–H groups in total. The van der Waals surface area contributed by atoms with Gasteiger partial charge in [-0.1, -0.05) is 11.3 Å². The quantitative estimate of drug-likeness (QED) is 0.651. The molecule has 0 aliphatic heterocycles. The van der Waals surface area contributed by atoms with Crippen LogP contribution in [0.3, 0.4) is 0 Å². The third kappa shape index (κ3) is 3.99. The highest BCUT2D eigenvalue weighted by molar-refractivity contribution is 7.14. The van der Waals surface area contributed by atoms with Gasteiger partial charge in [0, 0.05) is 6.04 Å². The van der Waals surface area contributed by atoms with E-state index in [4.69, 9.17) is 0 Å². The van der Waals surface area contributed by atoms with Crippen molar-refractivity contribution in [3.8, 4) is 0 Å². The normalized spacial score (nSPS) is 13.0. The third-order valence-electron chi connectivity index (χ3n) is 4.00. The Morgan fingerprint density at radius 2 is 2.20 bits per heavy atom. The fourth-order valence-electron chi connectivity index (χ4n) is 2.23. The summed E-state index contributed by atoms with van der Waals surface area (Å²) >= 11 is 1.45. The Balaban J connectivity index is 1.61. The number of hydrogen-bond acceptors (Lipinski definition) is 8. The average Bonchev–Trinajstić information content (AvgIpc) is 3.23. The van der Waals surface area contributed by atoms with Gasteiger partial charge in [-0.3, -0.25) is 9.69 Å². The molecule has 0 aromatic carbocycles. The highest BCUT2D eigenvalue weighted by atomic mass is 32.1. The first-order chi connectivity index (χ1) is 11.9. The van der Waals surface area contributed by atoms with Gasteiger partial charge < -0.3 is 5.32 Å². The number of nitrogens with one attached hydrogen (secondary N) is 1. The van der Waals surface area contributed by atoms with Gasteiger partial charge in [0.05, 0.1) is 24.5 Å². The van der Waals surface area contributed by atoms with Crippen LogP contribution in [0, 0.1) is 0 Å². The van der Waals surface area contributed by atoms with Crippen molar-refractivity contribution in [1.29, 1.82) is 0 Å². The second-order valence-corrected chi connectivity index (χ2v) is 6.99. The molecule has 11 heteroatoms. The van der Waals surface area contributed by atoms with E-state index in [0.717, 1.165) is 10.7 Å². The van der Waals surface area contributed by atoms with Crippen LogP contribution in [-0.2, 0) is 17.9 Å². The number of amides is 1. The Hall–Kier alpha value is -2.40. The van der Waals surface area contributed by atoms with Gasteiger partial charge >= 0.3 is 0 Å². The second-order valence-electron chi connectivity index (χ2n) is 6.18. The number of tetrazole rings is 1. The van der Waals surface area contributed by atoms with Crippen LogP contribution in [0.5, 0.6) is 0 Å². The van der Waals surface area contributed by atoms with E-state index in [1.807, 2.05) is 20.2 Å². The minimum atomic E-state index is -0.223. The summed E-state index contributed by atoms with van der Waals surface area (Å²) in [6, 6.07) is 0.141.